The van der Waals surface area contributed by atoms with Gasteiger partial charge in [-0.2, -0.15) is 0 Å². The lowest BCUT2D eigenvalue weighted by Crippen LogP contribution is -2.54. The van der Waals surface area contributed by atoms with E-state index in [-0.39, 0.29) is 29.9 Å². The maximum absolute atomic E-state index is 12.0. The van der Waals surface area contributed by atoms with Crippen molar-refractivity contribution >= 4 is 35.8 Å². The van der Waals surface area contributed by atoms with E-state index in [9.17, 15) is 4.79 Å². The Bertz CT molecular complexity index is 660. The van der Waals surface area contributed by atoms with Gasteiger partial charge in [0.1, 0.15) is 5.76 Å². The van der Waals surface area contributed by atoms with E-state index in [0.717, 1.165) is 63.0 Å². The maximum atomic E-state index is 12.0. The van der Waals surface area contributed by atoms with E-state index >= 15 is 0 Å². The van der Waals surface area contributed by atoms with Gasteiger partial charge in [0.25, 0.3) is 0 Å². The number of aromatic nitrogens is 1. The lowest BCUT2D eigenvalue weighted by atomic mass is 10.00. The van der Waals surface area contributed by atoms with Crippen LogP contribution in [0.4, 0.5) is 0 Å². The Kier molecular flexibility index (Phi) is 8.54. The predicted octanol–water partition coefficient (Wildman–Crippen LogP) is 1.48. The molecule has 0 radical (unpaired) electrons. The zero-order valence-corrected chi connectivity index (χ0v) is 19.7. The van der Waals surface area contributed by atoms with E-state index < -0.39 is 0 Å². The summed E-state index contributed by atoms with van der Waals surface area (Å²) in [5.74, 6) is 2.24. The number of aryl methyl sites for hydroxylation is 2. The van der Waals surface area contributed by atoms with Crippen molar-refractivity contribution in [1.29, 1.82) is 0 Å². The Morgan fingerprint density at radius 1 is 1.29 bits per heavy atom. The van der Waals surface area contributed by atoms with Crippen LogP contribution >= 0.6 is 24.0 Å². The largest absolute Gasteiger partial charge is 0.361 e. The molecule has 28 heavy (non-hydrogen) atoms. The van der Waals surface area contributed by atoms with E-state index in [1.807, 2.05) is 20.9 Å². The van der Waals surface area contributed by atoms with Gasteiger partial charge in [0.05, 0.1) is 12.2 Å². The smallest absolute Gasteiger partial charge is 0.234 e. The molecule has 0 aromatic carbocycles. The fraction of sp³-hybridized carbons (Fsp3) is 0.737. The van der Waals surface area contributed by atoms with E-state index in [4.69, 9.17) is 4.52 Å². The van der Waals surface area contributed by atoms with Crippen molar-refractivity contribution < 1.29 is 9.32 Å². The third-order valence-electron chi connectivity index (χ3n) is 5.34. The number of piperazine rings is 1. The molecule has 2 heterocycles. The summed E-state index contributed by atoms with van der Waals surface area (Å²) in [7, 11) is 1.82. The van der Waals surface area contributed by atoms with Gasteiger partial charge in [-0.3, -0.25) is 14.7 Å². The molecular weight excluding hydrogens is 471 g/mol. The molecule has 2 aliphatic rings. The Morgan fingerprint density at radius 3 is 2.50 bits per heavy atom. The van der Waals surface area contributed by atoms with Gasteiger partial charge in [-0.25, -0.2) is 0 Å². The quantitative estimate of drug-likeness (QED) is 0.347. The number of carbonyl (C=O) groups excluding carboxylic acids is 1. The summed E-state index contributed by atoms with van der Waals surface area (Å²) in [6, 6.07) is 0.432. The van der Waals surface area contributed by atoms with Crippen LogP contribution < -0.4 is 10.6 Å². The van der Waals surface area contributed by atoms with Crippen LogP contribution in [0.1, 0.15) is 42.7 Å². The average Bonchev–Trinajstić information content (AvgIpc) is 3.39. The fourth-order valence-electron chi connectivity index (χ4n) is 3.69. The molecule has 1 atom stereocenters. The molecule has 1 aromatic heterocycles. The maximum Gasteiger partial charge on any atom is 0.234 e. The third-order valence-corrected chi connectivity index (χ3v) is 5.34. The van der Waals surface area contributed by atoms with Gasteiger partial charge in [-0.1, -0.05) is 12.1 Å². The minimum absolute atomic E-state index is 0. The van der Waals surface area contributed by atoms with Crippen molar-refractivity contribution in [1.82, 2.24) is 25.6 Å². The summed E-state index contributed by atoms with van der Waals surface area (Å²) < 4.78 is 5.28. The van der Waals surface area contributed by atoms with Crippen molar-refractivity contribution in [3.63, 3.8) is 0 Å². The molecule has 1 saturated heterocycles. The Hall–Kier alpha value is -1.36. The summed E-state index contributed by atoms with van der Waals surface area (Å²) in [6.45, 7) is 10.9. The molecule has 1 aliphatic carbocycles. The van der Waals surface area contributed by atoms with E-state index in [1.54, 1.807) is 0 Å². The number of carbonyl (C=O) groups is 1. The van der Waals surface area contributed by atoms with Crippen molar-refractivity contribution in [2.45, 2.75) is 45.6 Å². The van der Waals surface area contributed by atoms with E-state index in [2.05, 4.69) is 37.5 Å². The molecule has 0 bridgehead atoms. The molecule has 8 nitrogen and oxygen atoms in total. The molecule has 1 amide bonds. The van der Waals surface area contributed by atoms with Gasteiger partial charge in [-0.15, -0.1) is 24.0 Å². The van der Waals surface area contributed by atoms with Gasteiger partial charge in [0, 0.05) is 57.3 Å². The third kappa shape index (κ3) is 6.07. The molecule has 9 heteroatoms. The van der Waals surface area contributed by atoms with Crippen molar-refractivity contribution in [2.24, 2.45) is 4.99 Å². The summed E-state index contributed by atoms with van der Waals surface area (Å²) in [6.07, 6.45) is 2.27. The second kappa shape index (κ2) is 10.4. The average molecular weight is 504 g/mol. The van der Waals surface area contributed by atoms with Crippen molar-refractivity contribution in [2.75, 3.05) is 46.3 Å². The number of rotatable bonds is 6. The zero-order chi connectivity index (χ0) is 19.4. The number of hydrogen-bond acceptors (Lipinski definition) is 5. The summed E-state index contributed by atoms with van der Waals surface area (Å²) in [4.78, 5) is 20.9. The van der Waals surface area contributed by atoms with Crippen molar-refractivity contribution in [3.8, 4) is 0 Å². The highest BCUT2D eigenvalue weighted by molar-refractivity contribution is 14.0. The number of nitrogens with one attached hydrogen (secondary N) is 2. The van der Waals surface area contributed by atoms with E-state index in [0.29, 0.717) is 18.5 Å². The first-order valence-corrected chi connectivity index (χ1v) is 9.88. The molecule has 2 fully saturated rings. The van der Waals surface area contributed by atoms with Crippen LogP contribution in [-0.2, 0) is 4.79 Å². The molecule has 2 N–H and O–H groups in total. The van der Waals surface area contributed by atoms with Crippen LogP contribution in [0.2, 0.25) is 0 Å². The predicted molar refractivity (Wildman–Crippen MR) is 120 cm³/mol. The Morgan fingerprint density at radius 2 is 1.96 bits per heavy atom. The second-order valence-electron chi connectivity index (χ2n) is 7.67. The van der Waals surface area contributed by atoms with Crippen LogP contribution in [0.5, 0.6) is 0 Å². The van der Waals surface area contributed by atoms with Crippen molar-refractivity contribution in [3.05, 3.63) is 17.0 Å². The minimum Gasteiger partial charge on any atom is -0.361 e. The molecule has 3 rings (SSSR count). The number of nitrogens with zero attached hydrogens (tertiary/aromatic N) is 4. The Balaban J connectivity index is 0.00000280. The number of hydrogen-bond donors (Lipinski definition) is 2. The lowest BCUT2D eigenvalue weighted by Gasteiger charge is -2.36. The number of halogens is 1. The highest BCUT2D eigenvalue weighted by Gasteiger charge is 2.26. The number of amides is 1. The van der Waals surface area contributed by atoms with Gasteiger partial charge in [0.2, 0.25) is 5.91 Å². The first kappa shape index (κ1) is 22.9. The van der Waals surface area contributed by atoms with E-state index in [1.165, 1.54) is 5.56 Å². The minimum atomic E-state index is 0. The normalized spacial score (nSPS) is 19.1. The van der Waals surface area contributed by atoms with Gasteiger partial charge in [0.15, 0.2) is 5.96 Å². The van der Waals surface area contributed by atoms with Gasteiger partial charge in [-0.05, 0) is 26.7 Å². The molecule has 1 unspecified atom stereocenters. The van der Waals surface area contributed by atoms with Gasteiger partial charge < -0.3 is 20.1 Å². The van der Waals surface area contributed by atoms with Crippen LogP contribution in [0, 0.1) is 13.8 Å². The zero-order valence-electron chi connectivity index (χ0n) is 17.3. The highest BCUT2D eigenvalue weighted by atomic mass is 127. The monoisotopic (exact) mass is 504 g/mol. The SMILES string of the molecule is CN=C(NCC(C)c1c(C)noc1C)N1CCN(CC(=O)NC2CC2)CC1.I. The molecule has 158 valence electrons. The molecule has 0 spiro atoms. The topological polar surface area (TPSA) is 86.0 Å². The fourth-order valence-corrected chi connectivity index (χ4v) is 3.69. The van der Waals surface area contributed by atoms with Crippen LogP contribution in [0.15, 0.2) is 9.52 Å². The van der Waals surface area contributed by atoms with Crippen LogP contribution in [0.3, 0.4) is 0 Å². The molecule has 1 saturated carbocycles. The molecular formula is C19H33IN6O2. The number of aliphatic imine (C=N–C) groups is 1. The van der Waals surface area contributed by atoms with Gasteiger partial charge >= 0.3 is 0 Å². The first-order chi connectivity index (χ1) is 13.0. The second-order valence-corrected chi connectivity index (χ2v) is 7.67. The van der Waals surface area contributed by atoms with Crippen LogP contribution in [-0.4, -0.2) is 79.2 Å². The summed E-state index contributed by atoms with van der Waals surface area (Å²) in [5.41, 5.74) is 2.12. The first-order valence-electron chi connectivity index (χ1n) is 9.88. The Labute approximate surface area is 184 Å². The summed E-state index contributed by atoms with van der Waals surface area (Å²) in [5, 5.41) is 10.6. The molecule has 1 aromatic rings. The highest BCUT2D eigenvalue weighted by Crippen LogP contribution is 2.22. The van der Waals surface area contributed by atoms with Crippen LogP contribution in [0.25, 0.3) is 0 Å². The standard InChI is InChI=1S/C19H32N6O2.HI/c1-13(18-14(2)23-27-15(18)3)11-21-19(20-4)25-9-7-24(8-10-25)12-17(26)22-16-5-6-16;/h13,16H,5-12H2,1-4H3,(H,20,21)(H,22,26);1H. The summed E-state index contributed by atoms with van der Waals surface area (Å²) >= 11 is 0. The number of guanidine groups is 1. The lowest BCUT2D eigenvalue weighted by molar-refractivity contribution is -0.122. The molecule has 1 aliphatic heterocycles.